The summed E-state index contributed by atoms with van der Waals surface area (Å²) in [7, 11) is 0. The Morgan fingerprint density at radius 1 is 0.905 bits per heavy atom. The molecule has 10 heteroatoms. The molecular formula is C32H35F3N4O3. The summed E-state index contributed by atoms with van der Waals surface area (Å²) in [5.41, 5.74) is 8.67. The molecule has 0 aromatic heterocycles. The average molecular weight is 581 g/mol. The van der Waals surface area contributed by atoms with Gasteiger partial charge in [-0.05, 0) is 53.5 Å². The van der Waals surface area contributed by atoms with E-state index in [4.69, 9.17) is 5.73 Å². The summed E-state index contributed by atoms with van der Waals surface area (Å²) in [5, 5.41) is 1.24. The van der Waals surface area contributed by atoms with Gasteiger partial charge < -0.3 is 5.73 Å². The van der Waals surface area contributed by atoms with Gasteiger partial charge in [-0.2, -0.15) is 13.2 Å². The minimum absolute atomic E-state index is 0.0665. The summed E-state index contributed by atoms with van der Waals surface area (Å²) >= 11 is 0. The number of alkyl halides is 3. The lowest BCUT2D eigenvalue weighted by Crippen LogP contribution is -2.57. The number of hydrogen-bond acceptors (Lipinski definition) is 3. The molecule has 3 atom stereocenters. The Hall–Kier alpha value is -4.34. The van der Waals surface area contributed by atoms with E-state index < -0.39 is 41.7 Å². The topological polar surface area (TPSA) is 95.7 Å². The van der Waals surface area contributed by atoms with Crippen molar-refractivity contribution < 1.29 is 27.6 Å². The van der Waals surface area contributed by atoms with Crippen molar-refractivity contribution in [3.05, 3.63) is 102 Å². The second kappa shape index (κ2) is 12.3. The predicted octanol–water partition coefficient (Wildman–Crippen LogP) is 6.57. The molecule has 0 saturated carbocycles. The first-order valence-corrected chi connectivity index (χ1v) is 13.7. The highest BCUT2D eigenvalue weighted by molar-refractivity contribution is 6.00. The lowest BCUT2D eigenvalue weighted by atomic mass is 9.86. The zero-order valence-corrected chi connectivity index (χ0v) is 23.8. The number of hydrazine groups is 1. The molecule has 3 aromatic rings. The van der Waals surface area contributed by atoms with Crippen LogP contribution in [0.1, 0.15) is 68.7 Å². The van der Waals surface area contributed by atoms with E-state index in [1.54, 1.807) is 0 Å². The predicted molar refractivity (Wildman–Crippen MR) is 154 cm³/mol. The number of nitrogens with one attached hydrogen (secondary N) is 1. The number of nitrogens with zero attached hydrogens (tertiary/aromatic N) is 2. The molecule has 1 aliphatic heterocycles. The first-order chi connectivity index (χ1) is 19.7. The molecule has 1 saturated heterocycles. The Morgan fingerprint density at radius 3 is 2.05 bits per heavy atom. The van der Waals surface area contributed by atoms with Crippen LogP contribution in [0.15, 0.2) is 84.9 Å². The Bertz CT molecular complexity index is 1410. The van der Waals surface area contributed by atoms with E-state index in [0.29, 0.717) is 6.42 Å². The number of nitrogens with two attached hydrogens (primary N) is 1. The molecule has 0 spiro atoms. The lowest BCUT2D eigenvalue weighted by molar-refractivity contribution is -0.145. The van der Waals surface area contributed by atoms with Crippen LogP contribution in [-0.4, -0.2) is 28.9 Å². The third-order valence-corrected chi connectivity index (χ3v) is 7.24. The molecule has 1 heterocycles. The molecule has 7 nitrogen and oxygen atoms in total. The number of primary amides is 1. The van der Waals surface area contributed by atoms with Gasteiger partial charge in [0.05, 0.1) is 11.6 Å². The lowest BCUT2D eigenvalue weighted by Gasteiger charge is -2.35. The number of hydrogen-bond donors (Lipinski definition) is 2. The fraction of sp³-hybridized carbons (Fsp3) is 0.344. The summed E-state index contributed by atoms with van der Waals surface area (Å²) < 4.78 is 40.9. The highest BCUT2D eigenvalue weighted by Crippen LogP contribution is 2.41. The molecule has 0 aliphatic carbocycles. The Kier molecular flexibility index (Phi) is 8.94. The van der Waals surface area contributed by atoms with Gasteiger partial charge in [-0.15, -0.1) is 0 Å². The summed E-state index contributed by atoms with van der Waals surface area (Å²) in [6.07, 6.45) is -4.12. The van der Waals surface area contributed by atoms with E-state index in [1.165, 1.54) is 17.1 Å². The van der Waals surface area contributed by atoms with Gasteiger partial charge in [0.1, 0.15) is 6.04 Å². The molecule has 4 rings (SSSR count). The van der Waals surface area contributed by atoms with Crippen LogP contribution < -0.4 is 16.1 Å². The Balaban J connectivity index is 1.87. The summed E-state index contributed by atoms with van der Waals surface area (Å²) in [5.74, 6) is -1.37. The second-order valence-electron chi connectivity index (χ2n) is 11.8. The van der Waals surface area contributed by atoms with Gasteiger partial charge in [-0.1, -0.05) is 87.5 Å². The molecule has 3 N–H and O–H groups in total. The van der Waals surface area contributed by atoms with Crippen molar-refractivity contribution in [1.29, 1.82) is 0 Å². The van der Waals surface area contributed by atoms with Crippen molar-refractivity contribution in [3.63, 3.8) is 0 Å². The summed E-state index contributed by atoms with van der Waals surface area (Å²) in [6, 6.07) is 19.7. The van der Waals surface area contributed by atoms with Crippen LogP contribution in [0.25, 0.3) is 0 Å². The van der Waals surface area contributed by atoms with Crippen molar-refractivity contribution in [3.8, 4) is 0 Å². The van der Waals surface area contributed by atoms with Crippen LogP contribution in [0.5, 0.6) is 0 Å². The van der Waals surface area contributed by atoms with Gasteiger partial charge in [0, 0.05) is 12.1 Å². The first kappa shape index (κ1) is 30.6. The third-order valence-electron chi connectivity index (χ3n) is 7.24. The molecule has 1 aliphatic rings. The number of carbonyl (C=O) groups excluding carboxylic acids is 3. The van der Waals surface area contributed by atoms with Crippen LogP contribution >= 0.6 is 0 Å². The monoisotopic (exact) mass is 580 g/mol. The molecule has 0 radical (unpaired) electrons. The fourth-order valence-electron chi connectivity index (χ4n) is 5.41. The average Bonchev–Trinajstić information content (AvgIpc) is 3.05. The van der Waals surface area contributed by atoms with Crippen LogP contribution in [0.2, 0.25) is 0 Å². The van der Waals surface area contributed by atoms with E-state index >= 15 is 0 Å². The van der Waals surface area contributed by atoms with Crippen molar-refractivity contribution in [2.45, 2.75) is 64.2 Å². The van der Waals surface area contributed by atoms with Crippen LogP contribution in [-0.2, 0) is 15.8 Å². The normalized spacial score (nSPS) is 19.6. The minimum atomic E-state index is -4.68. The van der Waals surface area contributed by atoms with Crippen molar-refractivity contribution in [2.75, 3.05) is 4.90 Å². The van der Waals surface area contributed by atoms with Crippen LogP contribution in [0.4, 0.5) is 23.7 Å². The third kappa shape index (κ3) is 7.29. The highest BCUT2D eigenvalue weighted by atomic mass is 19.4. The molecule has 4 amide bonds. The number of urea groups is 1. The van der Waals surface area contributed by atoms with Gasteiger partial charge in [-0.25, -0.2) is 9.80 Å². The van der Waals surface area contributed by atoms with Crippen molar-refractivity contribution in [1.82, 2.24) is 10.4 Å². The maximum absolute atomic E-state index is 14.4. The smallest absolute Gasteiger partial charge is 0.351 e. The first-order valence-electron chi connectivity index (χ1n) is 13.7. The van der Waals surface area contributed by atoms with Gasteiger partial charge in [0.2, 0.25) is 5.91 Å². The van der Waals surface area contributed by atoms with E-state index in [-0.39, 0.29) is 29.9 Å². The van der Waals surface area contributed by atoms with Gasteiger partial charge >= 0.3 is 12.2 Å². The van der Waals surface area contributed by atoms with Gasteiger partial charge in [0.25, 0.3) is 5.91 Å². The number of rotatable bonds is 6. The number of amides is 4. The maximum atomic E-state index is 14.4. The Morgan fingerprint density at radius 2 is 1.50 bits per heavy atom. The van der Waals surface area contributed by atoms with E-state index in [9.17, 15) is 27.6 Å². The zero-order chi connectivity index (χ0) is 30.7. The zero-order valence-electron chi connectivity index (χ0n) is 23.8. The number of anilines is 1. The Labute approximate surface area is 243 Å². The quantitative estimate of drug-likeness (QED) is 0.345. The van der Waals surface area contributed by atoms with Crippen molar-refractivity contribution >= 4 is 23.5 Å². The molecule has 3 aromatic carbocycles. The standard InChI is InChI=1S/C32H35F3N4O3/c1-31(2,3)20-28(40)37-39-26(22-13-8-5-9-14-22)17-23(21-11-6-4-7-12-21)18-27(29(39)41)38(30(36)42)25-16-10-15-24(19-25)32(33,34)35/h4-16,19,23,26-27H,17-18,20H2,1-3H3,(H2,36,42)(H,37,40). The van der Waals surface area contributed by atoms with Crippen LogP contribution in [0, 0.1) is 5.41 Å². The maximum Gasteiger partial charge on any atom is 0.416 e. The molecule has 0 bridgehead atoms. The van der Waals surface area contributed by atoms with E-state index in [0.717, 1.165) is 28.2 Å². The fourth-order valence-corrected chi connectivity index (χ4v) is 5.41. The van der Waals surface area contributed by atoms with Gasteiger partial charge in [0.15, 0.2) is 0 Å². The molecule has 42 heavy (non-hydrogen) atoms. The highest BCUT2D eigenvalue weighted by Gasteiger charge is 2.44. The number of carbonyl (C=O) groups is 3. The molecule has 222 valence electrons. The van der Waals surface area contributed by atoms with E-state index in [1.807, 2.05) is 81.4 Å². The number of benzene rings is 3. The van der Waals surface area contributed by atoms with Crippen molar-refractivity contribution in [2.24, 2.45) is 11.1 Å². The summed E-state index contributed by atoms with van der Waals surface area (Å²) in [4.78, 5) is 41.5. The van der Waals surface area contributed by atoms with E-state index in [2.05, 4.69) is 5.43 Å². The summed E-state index contributed by atoms with van der Waals surface area (Å²) in [6.45, 7) is 5.67. The molecule has 1 fully saturated rings. The second-order valence-corrected chi connectivity index (χ2v) is 11.8. The van der Waals surface area contributed by atoms with Gasteiger partial charge in [-0.3, -0.25) is 19.9 Å². The molecular weight excluding hydrogens is 545 g/mol. The molecule has 3 unspecified atom stereocenters. The minimum Gasteiger partial charge on any atom is -0.351 e. The largest absolute Gasteiger partial charge is 0.416 e. The number of halogens is 3. The SMILES string of the molecule is CC(C)(C)CC(=O)NN1C(=O)C(N(C(N)=O)c2cccc(C(F)(F)F)c2)CC(c2ccccc2)CC1c1ccccc1. The van der Waals surface area contributed by atoms with Crippen LogP contribution in [0.3, 0.4) is 0 Å².